The molecular weight excluding hydrogens is 1610 g/mol. The second kappa shape index (κ2) is 46.3. The molecule has 0 unspecified atom stereocenters. The van der Waals surface area contributed by atoms with Crippen LogP contribution in [0.1, 0.15) is 0 Å². The highest BCUT2D eigenvalue weighted by Gasteiger charge is 1.98. The van der Waals surface area contributed by atoms with Crippen molar-refractivity contribution in [3.63, 3.8) is 0 Å². The summed E-state index contributed by atoms with van der Waals surface area (Å²) in [7, 11) is 0. The molecule has 0 fully saturated rings. The summed E-state index contributed by atoms with van der Waals surface area (Å²) in [4.78, 5) is 49.7. The van der Waals surface area contributed by atoms with Crippen molar-refractivity contribution in [2.24, 2.45) is 0 Å². The van der Waals surface area contributed by atoms with Crippen molar-refractivity contribution in [3.8, 4) is 0 Å². The number of hydrogen-bond donors (Lipinski definition) is 5. The van der Waals surface area contributed by atoms with E-state index >= 15 is 0 Å². The second-order valence-corrected chi connectivity index (χ2v) is 27.3. The molecule has 5 aromatic carbocycles. The maximum atomic E-state index is 4.18. The number of nitrogens with zero attached hydrogens (tertiary/aromatic N) is 24. The molecule has 0 spiro atoms. The van der Waals surface area contributed by atoms with Crippen LogP contribution >= 0.6 is 0 Å². The first-order chi connectivity index (χ1) is 64.0. The van der Waals surface area contributed by atoms with E-state index in [9.17, 15) is 0 Å². The quantitative estimate of drug-likeness (QED) is 0.0941. The van der Waals surface area contributed by atoms with Crippen molar-refractivity contribution in [2.75, 3.05) is 0 Å². The van der Waals surface area contributed by atoms with Crippen LogP contribution in [0.25, 0.3) is 121 Å². The zero-order valence-corrected chi connectivity index (χ0v) is 69.3. The number of hydrogen-bond acceptors (Lipinski definition) is 18. The number of pyridine rings is 8. The normalized spacial score (nSPS) is 10.2. The van der Waals surface area contributed by atoms with Gasteiger partial charge in [0.25, 0.3) is 0 Å². The predicted molar refractivity (Wildman–Crippen MR) is 508 cm³/mol. The molecule has 29 heteroatoms. The molecule has 23 aromatic heterocycles. The van der Waals surface area contributed by atoms with Gasteiger partial charge in [0.2, 0.25) is 0 Å². The molecule has 0 saturated heterocycles. The Morgan fingerprint density at radius 2 is 0.775 bits per heavy atom. The summed E-state index contributed by atoms with van der Waals surface area (Å²) in [6.45, 7) is 0. The Kier molecular flexibility index (Phi) is 30.6. The van der Waals surface area contributed by atoms with Crippen LogP contribution in [0.15, 0.2) is 478 Å². The lowest BCUT2D eigenvalue weighted by Gasteiger charge is -1.91. The lowest BCUT2D eigenvalue weighted by atomic mass is 10.2. The molecule has 628 valence electrons. The molecule has 0 radical (unpaired) electrons. The minimum Gasteiger partial charge on any atom is -0.366 e. The van der Waals surface area contributed by atoms with E-state index in [1.165, 1.54) is 38.8 Å². The van der Waals surface area contributed by atoms with E-state index in [2.05, 4.69) is 169 Å². The number of rotatable bonds is 0. The average molecular weight is 1690 g/mol. The third kappa shape index (κ3) is 25.4. The monoisotopic (exact) mass is 1690 g/mol. The van der Waals surface area contributed by atoms with Crippen LogP contribution in [0.4, 0.5) is 0 Å². The van der Waals surface area contributed by atoms with Gasteiger partial charge in [-0.15, -0.1) is 0 Å². The Bertz CT molecular complexity index is 6080. The van der Waals surface area contributed by atoms with Gasteiger partial charge in [-0.05, 0) is 173 Å². The van der Waals surface area contributed by atoms with Gasteiger partial charge in [-0.1, -0.05) is 133 Å². The number of benzene rings is 5. The first-order valence-electron chi connectivity index (χ1n) is 40.5. The molecule has 29 nitrogen and oxygen atoms in total. The topological polar surface area (TPSA) is 337 Å². The van der Waals surface area contributed by atoms with E-state index in [4.69, 9.17) is 0 Å². The standard InChI is InChI=1S/2C9H7N.C8H6N2.2C8H7N.5C7H6N2.3C6H5N3.C5H4N4/c1-2-6-9-8(4-1)5-3-7-10-9;1-2-4-9-7-10-6-5-8(9)3-1;1-2-4-8-7(3-1)5-6-9-10-8;1-2-6-9-7-3-5-8(9)4-1;1-2-4-8-6-9-5-7(8)3-1;1-3-7-4-2-6-9(7)8-5-1;1-2-6-9-7(3-1)4-5-8-9;1-2-5-9-6-4-8-7(9)3-1;1-2-4-9-6-8-5-7(9)3-1;1-2-4-7-6(3-1)5-8-9-7;1-2-7-4-6-5(1)3-8-9-6;1-2-7-5-9-4-3-8-6(1)9;1-2-5-4-8-9-6(5)7-3-1;1-4-5(8-2-6-1)9-3-7-4/h2*1-7H;1-6H;1-7H;1-6,9H;4*1-6H;1-5H,(H,8,9);1-4H,(H,8,9);1-5H;1-4H,(H,7,8,9);1-3H,(H,6,7,8,9). The zero-order valence-electron chi connectivity index (χ0n) is 69.3. The van der Waals surface area contributed by atoms with Gasteiger partial charge in [0.15, 0.2) is 11.3 Å². The van der Waals surface area contributed by atoms with Gasteiger partial charge in [0, 0.05) is 156 Å². The van der Waals surface area contributed by atoms with Crippen LogP contribution in [0.2, 0.25) is 0 Å². The largest absolute Gasteiger partial charge is 0.366 e. The Labute approximate surface area is 736 Å². The van der Waals surface area contributed by atoms with Crippen molar-refractivity contribution >= 4 is 121 Å². The fraction of sp³-hybridized carbons (Fsp3) is 0. The van der Waals surface area contributed by atoms with E-state index in [-0.39, 0.29) is 0 Å². The van der Waals surface area contributed by atoms with Gasteiger partial charge >= 0.3 is 0 Å². The summed E-state index contributed by atoms with van der Waals surface area (Å²) in [6.07, 6.45) is 56.3. The SMILES string of the molecule is c1cc2cn[nH]c2cn1.c1cc2nccn2cn1.c1ccc2[nH]ncc2c1.c1ccc2c[nH]cc2c1.c1ccc2cnccc2c1.c1ccc2ncccc2c1.c1ccc2nnccc2c1.c1ccn2cccc2c1.c1ccn2ccnc2c1.c1ccn2cncc2c1.c1ccn2nccc2c1.c1cnc2[nH]ncc2c1.c1cnn2cccc2c1.c1ncc2[nH]cnc2n1. The van der Waals surface area contributed by atoms with Gasteiger partial charge in [-0.2, -0.15) is 35.7 Å². The average Bonchev–Trinajstić information content (AvgIpc) is 1.86. The van der Waals surface area contributed by atoms with Gasteiger partial charge < -0.3 is 23.2 Å². The summed E-state index contributed by atoms with van der Waals surface area (Å²) in [6, 6.07) is 94.1. The van der Waals surface area contributed by atoms with Crippen LogP contribution in [-0.2, 0) is 0 Å². The summed E-state index contributed by atoms with van der Waals surface area (Å²) < 4.78 is 11.6. The summed E-state index contributed by atoms with van der Waals surface area (Å²) >= 11 is 0. The van der Waals surface area contributed by atoms with Crippen molar-refractivity contribution < 1.29 is 0 Å². The van der Waals surface area contributed by atoms with Crippen molar-refractivity contribution in [1.82, 2.24) is 142 Å². The van der Waals surface area contributed by atoms with Gasteiger partial charge in [-0.25, -0.2) is 48.9 Å². The van der Waals surface area contributed by atoms with Gasteiger partial charge in [0.05, 0.1) is 94.6 Å². The molecule has 0 saturated carbocycles. The number of aromatic amines is 5. The minimum atomic E-state index is 0.713. The molecule has 23 heterocycles. The smallest absolute Gasteiger partial charge is 0.180 e. The summed E-state index contributed by atoms with van der Waals surface area (Å²) in [5, 5.41) is 46.4. The Morgan fingerprint density at radius 3 is 1.51 bits per heavy atom. The molecule has 0 aliphatic carbocycles. The number of aromatic nitrogens is 29. The highest BCUT2D eigenvalue weighted by atomic mass is 15.2. The first-order valence-corrected chi connectivity index (χ1v) is 40.5. The van der Waals surface area contributed by atoms with E-state index in [1.54, 1.807) is 93.3 Å². The Balaban J connectivity index is 0.000000107. The minimum absolute atomic E-state index is 0.713. The first kappa shape index (κ1) is 85.2. The van der Waals surface area contributed by atoms with Gasteiger partial charge in [0.1, 0.15) is 29.5 Å². The molecule has 28 aromatic rings. The molecular formula is C100H83N29. The third-order valence-corrected chi connectivity index (χ3v) is 18.7. The van der Waals surface area contributed by atoms with Crippen molar-refractivity contribution in [3.05, 3.63) is 478 Å². The molecule has 0 aliphatic heterocycles. The van der Waals surface area contributed by atoms with Crippen LogP contribution < -0.4 is 0 Å². The lowest BCUT2D eigenvalue weighted by molar-refractivity contribution is 0.941. The second-order valence-electron chi connectivity index (χ2n) is 27.3. The molecule has 0 amide bonds. The fourth-order valence-corrected chi connectivity index (χ4v) is 12.3. The number of fused-ring (bicyclic) bond motifs is 14. The van der Waals surface area contributed by atoms with Crippen LogP contribution in [0.5, 0.6) is 0 Å². The van der Waals surface area contributed by atoms with E-state index < -0.39 is 0 Å². The van der Waals surface area contributed by atoms with Crippen molar-refractivity contribution in [1.29, 1.82) is 0 Å². The van der Waals surface area contributed by atoms with Crippen molar-refractivity contribution in [2.45, 2.75) is 0 Å². The molecule has 0 atom stereocenters. The maximum absolute atomic E-state index is 4.18. The molecule has 129 heavy (non-hydrogen) atoms. The Morgan fingerprint density at radius 1 is 0.248 bits per heavy atom. The Hall–Kier alpha value is -18.8. The number of imidazole rings is 4. The summed E-state index contributed by atoms with van der Waals surface area (Å²) in [5.74, 6) is 0. The molecule has 5 N–H and O–H groups in total. The van der Waals surface area contributed by atoms with E-state index in [0.717, 1.165) is 82.6 Å². The molecule has 28 rings (SSSR count). The highest BCUT2D eigenvalue weighted by Crippen LogP contribution is 2.15. The van der Waals surface area contributed by atoms with E-state index in [1.807, 2.05) is 352 Å². The number of H-pyrrole nitrogens is 5. The van der Waals surface area contributed by atoms with E-state index in [0.29, 0.717) is 5.65 Å². The van der Waals surface area contributed by atoms with Crippen LogP contribution in [-0.4, -0.2) is 142 Å². The maximum Gasteiger partial charge on any atom is 0.180 e. The van der Waals surface area contributed by atoms with Crippen LogP contribution in [0.3, 0.4) is 0 Å². The van der Waals surface area contributed by atoms with Crippen LogP contribution in [0, 0.1) is 0 Å². The zero-order chi connectivity index (χ0) is 87.6. The molecule has 0 aliphatic rings. The highest BCUT2D eigenvalue weighted by molar-refractivity contribution is 5.83. The van der Waals surface area contributed by atoms with Gasteiger partial charge in [-0.3, -0.25) is 34.6 Å². The third-order valence-electron chi connectivity index (χ3n) is 18.7. The lowest BCUT2D eigenvalue weighted by Crippen LogP contribution is -1.84. The molecule has 0 bridgehead atoms. The number of para-hydroxylation sites is 2. The predicted octanol–water partition coefficient (Wildman–Crippen LogP) is 20.1. The number of nitrogens with one attached hydrogen (secondary N) is 5. The fourth-order valence-electron chi connectivity index (χ4n) is 12.3. The summed E-state index contributed by atoms with van der Waals surface area (Å²) in [5.41, 5.74) is 13.1.